The van der Waals surface area contributed by atoms with Crippen LogP contribution < -0.4 is 5.32 Å². The lowest BCUT2D eigenvalue weighted by Gasteiger charge is -2.21. The number of aryl methyl sites for hydroxylation is 1. The van der Waals surface area contributed by atoms with E-state index in [-0.39, 0.29) is 54.0 Å². The molecule has 5 atom stereocenters. The first-order chi connectivity index (χ1) is 12.5. The molecule has 2 fully saturated rings. The first-order valence-electron chi connectivity index (χ1n) is 9.39. The van der Waals surface area contributed by atoms with Gasteiger partial charge < -0.3 is 5.32 Å². The Bertz CT molecular complexity index is 753. The Balaban J connectivity index is 1.43. The van der Waals surface area contributed by atoms with Gasteiger partial charge in [-0.2, -0.15) is 0 Å². The number of allylic oxidation sites excluding steroid dienone is 2. The summed E-state index contributed by atoms with van der Waals surface area (Å²) in [6.07, 6.45) is 5.77. The van der Waals surface area contributed by atoms with Gasteiger partial charge in [0.05, 0.1) is 17.9 Å². The van der Waals surface area contributed by atoms with Gasteiger partial charge in [-0.15, -0.1) is 0 Å². The van der Waals surface area contributed by atoms with Crippen molar-refractivity contribution in [2.45, 2.75) is 32.7 Å². The molecule has 1 aliphatic heterocycles. The minimum Gasteiger partial charge on any atom is -0.348 e. The van der Waals surface area contributed by atoms with Gasteiger partial charge in [0.15, 0.2) is 0 Å². The van der Waals surface area contributed by atoms with Crippen molar-refractivity contribution >= 4 is 17.7 Å². The van der Waals surface area contributed by atoms with Crippen LogP contribution in [0.15, 0.2) is 36.4 Å². The predicted molar refractivity (Wildman–Crippen MR) is 96.8 cm³/mol. The van der Waals surface area contributed by atoms with Crippen molar-refractivity contribution in [3.63, 3.8) is 0 Å². The van der Waals surface area contributed by atoms with Gasteiger partial charge in [-0.25, -0.2) is 0 Å². The first kappa shape index (κ1) is 17.0. The molecular formula is C21H24N2O3. The second-order valence-corrected chi connectivity index (χ2v) is 7.70. The molecule has 4 rings (SSSR count). The summed E-state index contributed by atoms with van der Waals surface area (Å²) in [6.45, 7) is 3.85. The van der Waals surface area contributed by atoms with Gasteiger partial charge in [-0.3, -0.25) is 19.3 Å². The predicted octanol–water partition coefficient (Wildman–Crippen LogP) is 2.37. The minimum absolute atomic E-state index is 0.117. The maximum Gasteiger partial charge on any atom is 0.240 e. The molecule has 1 saturated carbocycles. The van der Waals surface area contributed by atoms with Gasteiger partial charge in [0.2, 0.25) is 17.7 Å². The Morgan fingerprint density at radius 2 is 1.69 bits per heavy atom. The van der Waals surface area contributed by atoms with Crippen LogP contribution in [0.1, 0.15) is 36.9 Å². The molecule has 0 radical (unpaired) electrons. The topological polar surface area (TPSA) is 66.5 Å². The summed E-state index contributed by atoms with van der Waals surface area (Å²) in [5.74, 6) is -0.769. The molecule has 1 heterocycles. The van der Waals surface area contributed by atoms with Gasteiger partial charge in [-0.05, 0) is 37.2 Å². The van der Waals surface area contributed by atoms with Crippen LogP contribution in [-0.2, 0) is 14.4 Å². The number of benzene rings is 1. The van der Waals surface area contributed by atoms with Crippen LogP contribution >= 0.6 is 0 Å². The highest BCUT2D eigenvalue weighted by atomic mass is 16.2. The number of amides is 3. The van der Waals surface area contributed by atoms with E-state index in [2.05, 4.69) is 17.5 Å². The van der Waals surface area contributed by atoms with Crippen molar-refractivity contribution in [3.8, 4) is 0 Å². The van der Waals surface area contributed by atoms with Crippen molar-refractivity contribution in [1.29, 1.82) is 0 Å². The number of likely N-dealkylation sites (tertiary alicyclic amines) is 1. The second kappa shape index (κ2) is 6.38. The van der Waals surface area contributed by atoms with Crippen LogP contribution in [0, 0.1) is 30.6 Å². The highest BCUT2D eigenvalue weighted by molar-refractivity contribution is 6.08. The lowest BCUT2D eigenvalue weighted by molar-refractivity contribution is -0.144. The first-order valence-corrected chi connectivity index (χ1v) is 9.39. The fourth-order valence-electron chi connectivity index (χ4n) is 4.72. The average molecular weight is 352 g/mol. The number of hydrogen-bond acceptors (Lipinski definition) is 3. The molecule has 26 heavy (non-hydrogen) atoms. The third-order valence-electron chi connectivity index (χ3n) is 6.09. The Morgan fingerprint density at radius 3 is 2.23 bits per heavy atom. The molecule has 1 N–H and O–H groups in total. The second-order valence-electron chi connectivity index (χ2n) is 7.70. The van der Waals surface area contributed by atoms with Crippen LogP contribution in [0.2, 0.25) is 0 Å². The van der Waals surface area contributed by atoms with Crippen LogP contribution in [0.4, 0.5) is 0 Å². The van der Waals surface area contributed by atoms with E-state index in [1.165, 1.54) is 4.90 Å². The molecule has 0 spiro atoms. The molecule has 3 amide bonds. The fourth-order valence-corrected chi connectivity index (χ4v) is 4.72. The Labute approximate surface area is 153 Å². The number of carbonyl (C=O) groups is 3. The number of nitrogens with zero attached hydrogens (tertiary/aromatic N) is 1. The van der Waals surface area contributed by atoms with E-state index < -0.39 is 0 Å². The maximum atomic E-state index is 12.7. The molecule has 2 bridgehead atoms. The van der Waals surface area contributed by atoms with Crippen LogP contribution in [0.25, 0.3) is 0 Å². The molecule has 5 nitrogen and oxygen atoms in total. The minimum atomic E-state index is -0.278. The van der Waals surface area contributed by atoms with Crippen LogP contribution in [0.5, 0.6) is 0 Å². The number of hydrogen-bond donors (Lipinski definition) is 1. The third kappa shape index (κ3) is 2.66. The monoisotopic (exact) mass is 352 g/mol. The summed E-state index contributed by atoms with van der Waals surface area (Å²) in [7, 11) is 0. The zero-order valence-corrected chi connectivity index (χ0v) is 15.1. The van der Waals surface area contributed by atoms with E-state index in [0.29, 0.717) is 0 Å². The van der Waals surface area contributed by atoms with Gasteiger partial charge in [-0.1, -0.05) is 48.9 Å². The molecule has 1 aromatic rings. The van der Waals surface area contributed by atoms with Crippen molar-refractivity contribution in [1.82, 2.24) is 10.2 Å². The van der Waals surface area contributed by atoms with Crippen LogP contribution in [-0.4, -0.2) is 29.2 Å². The quantitative estimate of drug-likeness (QED) is 0.653. The van der Waals surface area contributed by atoms with E-state index in [1.54, 1.807) is 0 Å². The summed E-state index contributed by atoms with van der Waals surface area (Å²) < 4.78 is 0. The SMILES string of the molecule is CCC(NC(=O)CN1C(=O)C2C3C=CC(C3)C2C1=O)c1ccc(C)cc1. The standard InChI is InChI=1S/C21H24N2O3/c1-3-16(13-6-4-12(2)5-7-13)22-17(24)11-23-20(25)18-14-8-9-15(10-14)19(18)21(23)26/h4-9,14-16,18-19H,3,10-11H2,1-2H3,(H,22,24). The molecule has 136 valence electrons. The van der Waals surface area contributed by atoms with E-state index in [9.17, 15) is 14.4 Å². The zero-order chi connectivity index (χ0) is 18.4. The third-order valence-corrected chi connectivity index (χ3v) is 6.09. The summed E-state index contributed by atoms with van der Waals surface area (Å²) in [4.78, 5) is 39.1. The molecule has 1 aromatic carbocycles. The largest absolute Gasteiger partial charge is 0.348 e. The summed E-state index contributed by atoms with van der Waals surface area (Å²) in [5, 5.41) is 2.97. The van der Waals surface area contributed by atoms with Crippen molar-refractivity contribution < 1.29 is 14.4 Å². The average Bonchev–Trinajstić information content (AvgIpc) is 3.30. The number of rotatable bonds is 5. The number of carbonyl (C=O) groups excluding carboxylic acids is 3. The molecule has 1 saturated heterocycles. The normalized spacial score (nSPS) is 30.0. The van der Waals surface area contributed by atoms with Crippen LogP contribution in [0.3, 0.4) is 0 Å². The zero-order valence-electron chi connectivity index (χ0n) is 15.1. The lowest BCUT2D eigenvalue weighted by atomic mass is 9.85. The highest BCUT2D eigenvalue weighted by Gasteiger charge is 2.59. The van der Waals surface area contributed by atoms with E-state index in [4.69, 9.17) is 0 Å². The van der Waals surface area contributed by atoms with E-state index in [0.717, 1.165) is 24.0 Å². The van der Waals surface area contributed by atoms with Crippen molar-refractivity contribution in [2.24, 2.45) is 23.7 Å². The van der Waals surface area contributed by atoms with E-state index >= 15 is 0 Å². The van der Waals surface area contributed by atoms with Gasteiger partial charge >= 0.3 is 0 Å². The summed E-state index contributed by atoms with van der Waals surface area (Å²) in [6, 6.07) is 7.92. The molecule has 5 unspecified atom stereocenters. The summed E-state index contributed by atoms with van der Waals surface area (Å²) in [5.41, 5.74) is 2.20. The Kier molecular flexibility index (Phi) is 4.17. The number of imide groups is 1. The van der Waals surface area contributed by atoms with E-state index in [1.807, 2.05) is 38.1 Å². The van der Waals surface area contributed by atoms with Crippen molar-refractivity contribution in [3.05, 3.63) is 47.5 Å². The van der Waals surface area contributed by atoms with Crippen molar-refractivity contribution in [2.75, 3.05) is 6.54 Å². The van der Waals surface area contributed by atoms with Gasteiger partial charge in [0, 0.05) is 0 Å². The molecule has 3 aliphatic rings. The number of fused-ring (bicyclic) bond motifs is 5. The lowest BCUT2D eigenvalue weighted by Crippen LogP contribution is -2.42. The molecular weight excluding hydrogens is 328 g/mol. The number of nitrogens with one attached hydrogen (secondary N) is 1. The Morgan fingerprint density at radius 1 is 1.12 bits per heavy atom. The molecule has 5 heteroatoms. The van der Waals surface area contributed by atoms with Gasteiger partial charge in [0.25, 0.3) is 0 Å². The van der Waals surface area contributed by atoms with Gasteiger partial charge in [0.1, 0.15) is 6.54 Å². The Hall–Kier alpha value is -2.43. The molecule has 0 aromatic heterocycles. The smallest absolute Gasteiger partial charge is 0.240 e. The fraction of sp³-hybridized carbons (Fsp3) is 0.476. The summed E-state index contributed by atoms with van der Waals surface area (Å²) >= 11 is 0. The highest BCUT2D eigenvalue weighted by Crippen LogP contribution is 2.52. The molecule has 2 aliphatic carbocycles. The maximum absolute atomic E-state index is 12.7.